The molecule has 0 spiro atoms. The van der Waals surface area contributed by atoms with Gasteiger partial charge in [0.15, 0.2) is 4.88 Å². The number of methoxy groups -OCH3 is 1. The van der Waals surface area contributed by atoms with Crippen molar-refractivity contribution in [2.24, 2.45) is 5.92 Å². The largest absolute Gasteiger partial charge is 0.484 e. The monoisotopic (exact) mass is 553 g/mol. The van der Waals surface area contributed by atoms with Crippen molar-refractivity contribution in [2.45, 2.75) is 32.3 Å². The highest BCUT2D eigenvalue weighted by Gasteiger charge is 2.25. The SMILES string of the molecule is COC(=O)c1sc(-n2cnc3ccc(C[C@@H]4CCCN(C(=O)O)C4)cc32)cc1O[C@H](C)c1ccccc1Cl. The second-order valence-corrected chi connectivity index (χ2v) is 10.9. The van der Waals surface area contributed by atoms with E-state index in [1.165, 1.54) is 23.3 Å². The molecule has 1 fully saturated rings. The minimum atomic E-state index is -0.857. The van der Waals surface area contributed by atoms with Crippen LogP contribution in [-0.4, -0.2) is 51.8 Å². The summed E-state index contributed by atoms with van der Waals surface area (Å²) in [6.45, 7) is 3.03. The van der Waals surface area contributed by atoms with E-state index in [0.717, 1.165) is 46.4 Å². The number of amides is 1. The normalized spacial score (nSPS) is 16.4. The Hall–Kier alpha value is -3.56. The Morgan fingerprint density at radius 3 is 2.82 bits per heavy atom. The van der Waals surface area contributed by atoms with Gasteiger partial charge >= 0.3 is 12.1 Å². The maximum atomic E-state index is 12.6. The average Bonchev–Trinajstić information content (AvgIpc) is 3.52. The van der Waals surface area contributed by atoms with Crippen LogP contribution in [0.15, 0.2) is 54.9 Å². The average molecular weight is 554 g/mol. The van der Waals surface area contributed by atoms with E-state index in [-0.39, 0.29) is 12.0 Å². The molecule has 1 N–H and O–H groups in total. The third-order valence-electron chi connectivity index (χ3n) is 6.87. The zero-order valence-corrected chi connectivity index (χ0v) is 22.7. The van der Waals surface area contributed by atoms with E-state index in [1.807, 2.05) is 47.9 Å². The van der Waals surface area contributed by atoms with Crippen LogP contribution < -0.4 is 4.74 Å². The molecule has 0 unspecified atom stereocenters. The van der Waals surface area contributed by atoms with Gasteiger partial charge < -0.3 is 19.5 Å². The number of halogens is 1. The van der Waals surface area contributed by atoms with E-state index in [4.69, 9.17) is 21.1 Å². The molecule has 198 valence electrons. The zero-order valence-electron chi connectivity index (χ0n) is 21.1. The van der Waals surface area contributed by atoms with E-state index in [0.29, 0.717) is 28.7 Å². The summed E-state index contributed by atoms with van der Waals surface area (Å²) in [4.78, 5) is 30.5. The number of aromatic nitrogens is 2. The number of likely N-dealkylation sites (tertiary alicyclic amines) is 1. The van der Waals surface area contributed by atoms with Crippen LogP contribution in [0.25, 0.3) is 16.0 Å². The highest BCUT2D eigenvalue weighted by molar-refractivity contribution is 7.16. The van der Waals surface area contributed by atoms with Crippen LogP contribution in [0.4, 0.5) is 4.79 Å². The first-order valence-electron chi connectivity index (χ1n) is 12.4. The van der Waals surface area contributed by atoms with Crippen LogP contribution in [0.1, 0.15) is 46.7 Å². The third-order valence-corrected chi connectivity index (χ3v) is 8.31. The first-order valence-corrected chi connectivity index (χ1v) is 13.6. The molecule has 5 rings (SSSR count). The van der Waals surface area contributed by atoms with E-state index in [2.05, 4.69) is 11.1 Å². The van der Waals surface area contributed by atoms with Gasteiger partial charge in [0.2, 0.25) is 0 Å². The smallest absolute Gasteiger partial charge is 0.407 e. The number of hydrogen-bond donors (Lipinski definition) is 1. The quantitative estimate of drug-likeness (QED) is 0.259. The summed E-state index contributed by atoms with van der Waals surface area (Å²) in [6, 6.07) is 15.4. The number of ether oxygens (including phenoxy) is 2. The van der Waals surface area contributed by atoms with Gasteiger partial charge in [-0.05, 0) is 55.9 Å². The fraction of sp³-hybridized carbons (Fsp3) is 0.321. The number of fused-ring (bicyclic) bond motifs is 1. The molecule has 0 bridgehead atoms. The van der Waals surface area contributed by atoms with Gasteiger partial charge in [-0.25, -0.2) is 14.6 Å². The predicted octanol–water partition coefficient (Wildman–Crippen LogP) is 6.60. The van der Waals surface area contributed by atoms with E-state index in [9.17, 15) is 14.7 Å². The van der Waals surface area contributed by atoms with Crippen LogP contribution in [0.3, 0.4) is 0 Å². The van der Waals surface area contributed by atoms with Gasteiger partial charge in [0.25, 0.3) is 0 Å². The number of hydrogen-bond acceptors (Lipinski definition) is 6. The van der Waals surface area contributed by atoms with Crippen LogP contribution in [0.2, 0.25) is 5.02 Å². The molecule has 38 heavy (non-hydrogen) atoms. The van der Waals surface area contributed by atoms with E-state index in [1.54, 1.807) is 12.4 Å². The molecule has 2 atom stereocenters. The Morgan fingerprint density at radius 1 is 1.24 bits per heavy atom. The van der Waals surface area contributed by atoms with Crippen molar-refractivity contribution >= 4 is 46.0 Å². The standard InChI is InChI=1S/C28H28ClN3O5S/c1-17(20-7-3-4-8-21(20)29)37-24-14-25(38-26(24)27(33)36-2)32-16-30-22-10-9-18(13-23(22)32)12-19-6-5-11-31(15-19)28(34)35/h3-4,7-10,13-14,16-17,19H,5-6,11-12,15H2,1-2H3,(H,34,35)/t17-,19+/m1/s1. The summed E-state index contributed by atoms with van der Waals surface area (Å²) in [5, 5.41) is 10.7. The Labute approximate surface area is 229 Å². The molecule has 4 aromatic rings. The van der Waals surface area contributed by atoms with Gasteiger partial charge in [0.05, 0.1) is 18.1 Å². The molecule has 0 aliphatic carbocycles. The van der Waals surface area contributed by atoms with Crippen LogP contribution in [0.5, 0.6) is 5.75 Å². The Balaban J connectivity index is 1.44. The molecule has 10 heteroatoms. The van der Waals surface area contributed by atoms with Gasteiger partial charge in [-0.3, -0.25) is 4.57 Å². The Morgan fingerprint density at radius 2 is 2.05 bits per heavy atom. The lowest BCUT2D eigenvalue weighted by Gasteiger charge is -2.30. The van der Waals surface area contributed by atoms with Gasteiger partial charge in [-0.2, -0.15) is 0 Å². The number of thiophene rings is 1. The van der Waals surface area contributed by atoms with Crippen molar-refractivity contribution in [1.82, 2.24) is 14.5 Å². The number of rotatable bonds is 7. The van der Waals surface area contributed by atoms with Crippen LogP contribution >= 0.6 is 22.9 Å². The highest BCUT2D eigenvalue weighted by atomic mass is 35.5. The molecule has 1 saturated heterocycles. The molecule has 0 radical (unpaired) electrons. The van der Waals surface area contributed by atoms with E-state index >= 15 is 0 Å². The number of carbonyl (C=O) groups excluding carboxylic acids is 1. The summed E-state index contributed by atoms with van der Waals surface area (Å²) in [5.74, 6) is 0.207. The van der Waals surface area contributed by atoms with Gasteiger partial charge in [0, 0.05) is 29.7 Å². The molecule has 2 aromatic heterocycles. The molecule has 2 aromatic carbocycles. The lowest BCUT2D eigenvalue weighted by atomic mass is 9.91. The molecule has 1 aliphatic rings. The summed E-state index contributed by atoms with van der Waals surface area (Å²) < 4.78 is 13.2. The summed E-state index contributed by atoms with van der Waals surface area (Å²) >= 11 is 7.63. The first kappa shape index (κ1) is 26.1. The number of carboxylic acid groups (broad SMARTS) is 1. The Bertz CT molecular complexity index is 1480. The topological polar surface area (TPSA) is 93.9 Å². The minimum Gasteiger partial charge on any atom is -0.484 e. The van der Waals surface area contributed by atoms with E-state index < -0.39 is 12.1 Å². The molecule has 8 nitrogen and oxygen atoms in total. The fourth-order valence-corrected chi connectivity index (χ4v) is 6.24. The second-order valence-electron chi connectivity index (χ2n) is 9.43. The number of esters is 1. The Kier molecular flexibility index (Phi) is 7.58. The number of piperidine rings is 1. The van der Waals surface area contributed by atoms with Crippen molar-refractivity contribution in [1.29, 1.82) is 0 Å². The highest BCUT2D eigenvalue weighted by Crippen LogP contribution is 2.37. The molecule has 3 heterocycles. The van der Waals surface area contributed by atoms with Crippen molar-refractivity contribution in [3.63, 3.8) is 0 Å². The molecule has 1 aliphatic heterocycles. The van der Waals surface area contributed by atoms with Crippen molar-refractivity contribution < 1.29 is 24.2 Å². The maximum absolute atomic E-state index is 12.6. The molecule has 0 saturated carbocycles. The number of carbonyl (C=O) groups is 2. The first-order chi connectivity index (χ1) is 18.3. The van der Waals surface area contributed by atoms with Gasteiger partial charge in [0.1, 0.15) is 23.2 Å². The molecule has 1 amide bonds. The fourth-order valence-electron chi connectivity index (χ4n) is 4.96. The predicted molar refractivity (Wildman–Crippen MR) is 147 cm³/mol. The van der Waals surface area contributed by atoms with Crippen molar-refractivity contribution in [3.05, 3.63) is 75.9 Å². The molecular weight excluding hydrogens is 526 g/mol. The number of nitrogens with zero attached hydrogens (tertiary/aromatic N) is 3. The number of imidazole rings is 1. The third kappa shape index (κ3) is 5.35. The maximum Gasteiger partial charge on any atom is 0.407 e. The lowest BCUT2D eigenvalue weighted by molar-refractivity contribution is 0.0600. The minimum absolute atomic E-state index is 0.271. The zero-order chi connectivity index (χ0) is 26.8. The van der Waals surface area contributed by atoms with Gasteiger partial charge in [-0.15, -0.1) is 11.3 Å². The van der Waals surface area contributed by atoms with Crippen molar-refractivity contribution in [2.75, 3.05) is 20.2 Å². The van der Waals surface area contributed by atoms with Crippen molar-refractivity contribution in [3.8, 4) is 10.8 Å². The summed E-state index contributed by atoms with van der Waals surface area (Å²) in [5.41, 5.74) is 3.66. The van der Waals surface area contributed by atoms with Gasteiger partial charge in [-0.1, -0.05) is 35.9 Å². The lowest BCUT2D eigenvalue weighted by Crippen LogP contribution is -2.39. The second kappa shape index (κ2) is 11.0. The van der Waals surface area contributed by atoms with Crippen LogP contribution in [-0.2, 0) is 11.2 Å². The number of benzene rings is 2. The summed E-state index contributed by atoms with van der Waals surface area (Å²) in [6.07, 6.45) is 3.14. The van der Waals surface area contributed by atoms with Crippen LogP contribution in [0, 0.1) is 5.92 Å². The summed E-state index contributed by atoms with van der Waals surface area (Å²) in [7, 11) is 1.35. The molecular formula is C28H28ClN3O5S.